The second kappa shape index (κ2) is 8.47. The molecule has 0 aliphatic carbocycles. The Bertz CT molecular complexity index is 947. The maximum Gasteiger partial charge on any atom is 0.343 e. The van der Waals surface area contributed by atoms with Crippen molar-refractivity contribution in [1.29, 1.82) is 0 Å². The molecule has 0 aliphatic rings. The molecule has 0 radical (unpaired) electrons. The zero-order chi connectivity index (χ0) is 20.1. The fourth-order valence-electron chi connectivity index (χ4n) is 2.79. The first-order valence-electron chi connectivity index (χ1n) is 9.03. The van der Waals surface area contributed by atoms with Crippen molar-refractivity contribution >= 4 is 17.5 Å². The summed E-state index contributed by atoms with van der Waals surface area (Å²) in [6, 6.07) is 13.5. The molecule has 0 aliphatic heterocycles. The third-order valence-electron chi connectivity index (χ3n) is 4.39. The Morgan fingerprint density at radius 1 is 1.11 bits per heavy atom. The molecule has 0 saturated carbocycles. The Kier molecular flexibility index (Phi) is 5.84. The number of carbonyl (C=O) groups excluding carboxylic acids is 1. The van der Waals surface area contributed by atoms with Crippen molar-refractivity contribution in [3.05, 3.63) is 54.1 Å². The second-order valence-electron chi connectivity index (χ2n) is 6.10. The second-order valence-corrected chi connectivity index (χ2v) is 6.10. The molecule has 0 fully saturated rings. The summed E-state index contributed by atoms with van der Waals surface area (Å²) in [5.41, 5.74) is 7.25. The molecule has 3 aromatic rings. The van der Waals surface area contributed by atoms with Gasteiger partial charge in [-0.25, -0.2) is 4.79 Å². The van der Waals surface area contributed by atoms with Crippen LogP contribution in [-0.4, -0.2) is 31.3 Å². The van der Waals surface area contributed by atoms with Crippen LogP contribution < -0.4 is 20.1 Å². The molecular weight excluding hydrogens is 358 g/mol. The number of ether oxygens (including phenoxy) is 2. The SMILES string of the molecule is CCN(CC)c1cc(-c2ccc(OC)cc2OC(=O)c2ccc(N)cc2)on1. The number of methoxy groups -OCH3 is 1. The molecule has 3 rings (SSSR count). The largest absolute Gasteiger partial charge is 0.497 e. The van der Waals surface area contributed by atoms with Gasteiger partial charge in [0.15, 0.2) is 11.6 Å². The first-order valence-corrected chi connectivity index (χ1v) is 9.03. The van der Waals surface area contributed by atoms with E-state index in [0.29, 0.717) is 34.1 Å². The van der Waals surface area contributed by atoms with Crippen LogP contribution >= 0.6 is 0 Å². The van der Waals surface area contributed by atoms with Crippen LogP contribution in [0.15, 0.2) is 53.1 Å². The number of hydrogen-bond donors (Lipinski definition) is 1. The van der Waals surface area contributed by atoms with Gasteiger partial charge in [-0.05, 0) is 50.2 Å². The van der Waals surface area contributed by atoms with Crippen molar-refractivity contribution in [3.63, 3.8) is 0 Å². The summed E-state index contributed by atoms with van der Waals surface area (Å²) in [6.07, 6.45) is 0. The van der Waals surface area contributed by atoms with E-state index in [0.717, 1.165) is 18.9 Å². The van der Waals surface area contributed by atoms with Crippen LogP contribution in [0.5, 0.6) is 11.5 Å². The lowest BCUT2D eigenvalue weighted by atomic mass is 10.1. The van der Waals surface area contributed by atoms with E-state index >= 15 is 0 Å². The van der Waals surface area contributed by atoms with Crippen LogP contribution in [0.2, 0.25) is 0 Å². The van der Waals surface area contributed by atoms with Gasteiger partial charge in [0.05, 0.1) is 18.2 Å². The molecule has 0 amide bonds. The monoisotopic (exact) mass is 381 g/mol. The predicted molar refractivity (Wildman–Crippen MR) is 108 cm³/mol. The Morgan fingerprint density at radius 2 is 1.82 bits per heavy atom. The van der Waals surface area contributed by atoms with Crippen LogP contribution in [0.1, 0.15) is 24.2 Å². The Balaban J connectivity index is 1.94. The van der Waals surface area contributed by atoms with Gasteiger partial charge in [0.25, 0.3) is 0 Å². The highest BCUT2D eigenvalue weighted by Crippen LogP contribution is 2.35. The van der Waals surface area contributed by atoms with E-state index in [1.807, 2.05) is 19.9 Å². The summed E-state index contributed by atoms with van der Waals surface area (Å²) >= 11 is 0. The highest BCUT2D eigenvalue weighted by atomic mass is 16.5. The van der Waals surface area contributed by atoms with E-state index in [9.17, 15) is 4.79 Å². The Morgan fingerprint density at radius 3 is 2.46 bits per heavy atom. The van der Waals surface area contributed by atoms with Crippen LogP contribution in [0.3, 0.4) is 0 Å². The van der Waals surface area contributed by atoms with E-state index in [1.165, 1.54) is 0 Å². The first kappa shape index (κ1) is 19.3. The molecule has 2 N–H and O–H groups in total. The van der Waals surface area contributed by atoms with E-state index in [2.05, 4.69) is 10.1 Å². The highest BCUT2D eigenvalue weighted by Gasteiger charge is 2.18. The van der Waals surface area contributed by atoms with Crippen molar-refractivity contribution < 1.29 is 18.8 Å². The molecule has 1 aromatic heterocycles. The smallest absolute Gasteiger partial charge is 0.343 e. The summed E-state index contributed by atoms with van der Waals surface area (Å²) in [6.45, 7) is 5.71. The number of nitrogens with two attached hydrogens (primary N) is 1. The fraction of sp³-hybridized carbons (Fsp3) is 0.238. The van der Waals surface area contributed by atoms with Crippen molar-refractivity contribution in [2.45, 2.75) is 13.8 Å². The zero-order valence-corrected chi connectivity index (χ0v) is 16.1. The molecule has 0 spiro atoms. The zero-order valence-electron chi connectivity index (χ0n) is 16.1. The highest BCUT2D eigenvalue weighted by molar-refractivity contribution is 5.92. The average molecular weight is 381 g/mol. The number of nitrogens with zero attached hydrogens (tertiary/aromatic N) is 2. The number of hydrogen-bond acceptors (Lipinski definition) is 7. The Hall–Kier alpha value is -3.48. The molecule has 2 aromatic carbocycles. The minimum atomic E-state index is -0.502. The third kappa shape index (κ3) is 4.09. The number of nitrogen functional groups attached to an aromatic ring is 1. The lowest BCUT2D eigenvalue weighted by Gasteiger charge is -2.15. The molecule has 1 heterocycles. The first-order chi connectivity index (χ1) is 13.5. The van der Waals surface area contributed by atoms with Crippen LogP contribution in [-0.2, 0) is 0 Å². The summed E-state index contributed by atoms with van der Waals surface area (Å²) in [7, 11) is 1.55. The van der Waals surface area contributed by atoms with Crippen molar-refractivity contribution in [1.82, 2.24) is 5.16 Å². The summed E-state index contributed by atoms with van der Waals surface area (Å²) in [4.78, 5) is 14.6. The van der Waals surface area contributed by atoms with Gasteiger partial charge in [-0.2, -0.15) is 0 Å². The van der Waals surface area contributed by atoms with E-state index in [4.69, 9.17) is 19.7 Å². The molecule has 7 heteroatoms. The minimum absolute atomic E-state index is 0.323. The van der Waals surface area contributed by atoms with Gasteiger partial charge in [-0.3, -0.25) is 0 Å². The number of aromatic nitrogens is 1. The van der Waals surface area contributed by atoms with Crippen LogP contribution in [0.4, 0.5) is 11.5 Å². The molecule has 0 saturated heterocycles. The van der Waals surface area contributed by atoms with Crippen molar-refractivity contribution in [3.8, 4) is 22.8 Å². The van der Waals surface area contributed by atoms with Gasteiger partial charge >= 0.3 is 5.97 Å². The van der Waals surface area contributed by atoms with E-state index in [-0.39, 0.29) is 0 Å². The number of rotatable bonds is 7. The van der Waals surface area contributed by atoms with Gasteiger partial charge in [-0.1, -0.05) is 5.16 Å². The topological polar surface area (TPSA) is 90.8 Å². The predicted octanol–water partition coefficient (Wildman–Crippen LogP) is 4.00. The Labute approximate surface area is 163 Å². The number of anilines is 2. The van der Waals surface area contributed by atoms with Gasteiger partial charge in [0, 0.05) is 30.9 Å². The molecule has 7 nitrogen and oxygen atoms in total. The van der Waals surface area contributed by atoms with E-state index in [1.54, 1.807) is 49.6 Å². The molecule has 28 heavy (non-hydrogen) atoms. The molecule has 0 atom stereocenters. The molecule has 146 valence electrons. The van der Waals surface area contributed by atoms with Crippen LogP contribution in [0, 0.1) is 0 Å². The van der Waals surface area contributed by atoms with Gasteiger partial charge < -0.3 is 24.6 Å². The maximum absolute atomic E-state index is 12.6. The summed E-state index contributed by atoms with van der Waals surface area (Å²) in [5.74, 6) is 1.62. The van der Waals surface area contributed by atoms with Crippen molar-refractivity contribution in [2.75, 3.05) is 30.8 Å². The number of benzene rings is 2. The summed E-state index contributed by atoms with van der Waals surface area (Å²) < 4.78 is 16.4. The molecule has 0 bridgehead atoms. The molecule has 0 unspecified atom stereocenters. The lowest BCUT2D eigenvalue weighted by Crippen LogP contribution is -2.21. The normalized spacial score (nSPS) is 10.5. The number of carbonyl (C=O) groups is 1. The van der Waals surface area contributed by atoms with Gasteiger partial charge in [-0.15, -0.1) is 0 Å². The average Bonchev–Trinajstić information content (AvgIpc) is 3.19. The van der Waals surface area contributed by atoms with E-state index < -0.39 is 5.97 Å². The van der Waals surface area contributed by atoms with Gasteiger partial charge in [0.2, 0.25) is 0 Å². The van der Waals surface area contributed by atoms with Crippen molar-refractivity contribution in [2.24, 2.45) is 0 Å². The third-order valence-corrected chi connectivity index (χ3v) is 4.39. The lowest BCUT2D eigenvalue weighted by molar-refractivity contribution is 0.0735. The fourth-order valence-corrected chi connectivity index (χ4v) is 2.79. The number of esters is 1. The minimum Gasteiger partial charge on any atom is -0.497 e. The van der Waals surface area contributed by atoms with Gasteiger partial charge in [0.1, 0.15) is 11.5 Å². The maximum atomic E-state index is 12.6. The molecular formula is C21H23N3O4. The quantitative estimate of drug-likeness (QED) is 0.376. The summed E-state index contributed by atoms with van der Waals surface area (Å²) in [5, 5.41) is 4.13. The van der Waals surface area contributed by atoms with Crippen LogP contribution in [0.25, 0.3) is 11.3 Å². The standard InChI is InChI=1S/C21H23N3O4/c1-4-24(5-2)20-13-19(28-23-20)17-11-10-16(26-3)12-18(17)27-21(25)14-6-8-15(22)9-7-14/h6-13H,4-5,22H2,1-3H3.